The second kappa shape index (κ2) is 5.47. The number of nitrogens with two attached hydrogens (primary N) is 1. The molecule has 18 heavy (non-hydrogen) atoms. The molecule has 2 N–H and O–H groups in total. The summed E-state index contributed by atoms with van der Waals surface area (Å²) in [5.41, 5.74) is 6.40. The number of hydrogen-bond acceptors (Lipinski definition) is 2. The maximum absolute atomic E-state index is 12.4. The predicted molar refractivity (Wildman–Crippen MR) is 74.1 cm³/mol. The summed E-state index contributed by atoms with van der Waals surface area (Å²) in [7, 11) is 0. The van der Waals surface area contributed by atoms with Gasteiger partial charge in [-0.3, -0.25) is 4.79 Å². The minimum atomic E-state index is -0.0931. The van der Waals surface area contributed by atoms with Gasteiger partial charge in [0.05, 0.1) is 15.6 Å². The highest BCUT2D eigenvalue weighted by Crippen LogP contribution is 2.27. The molecule has 0 spiro atoms. The summed E-state index contributed by atoms with van der Waals surface area (Å²) >= 11 is 12.0. The van der Waals surface area contributed by atoms with E-state index in [1.807, 2.05) is 0 Å². The molecule has 1 aliphatic rings. The van der Waals surface area contributed by atoms with Gasteiger partial charge in [0.1, 0.15) is 0 Å². The van der Waals surface area contributed by atoms with Crippen molar-refractivity contribution >= 4 is 29.1 Å². The zero-order valence-corrected chi connectivity index (χ0v) is 11.7. The van der Waals surface area contributed by atoms with Gasteiger partial charge in [-0.15, -0.1) is 0 Å². The second-order valence-electron chi connectivity index (χ2n) is 4.91. The van der Waals surface area contributed by atoms with Gasteiger partial charge in [0.25, 0.3) is 5.91 Å². The van der Waals surface area contributed by atoms with Gasteiger partial charge in [0.15, 0.2) is 0 Å². The topological polar surface area (TPSA) is 46.3 Å². The Bertz CT molecular complexity index is 454. The van der Waals surface area contributed by atoms with E-state index in [-0.39, 0.29) is 11.9 Å². The summed E-state index contributed by atoms with van der Waals surface area (Å²) < 4.78 is 0. The lowest BCUT2D eigenvalue weighted by Gasteiger charge is -2.35. The number of carbonyl (C=O) groups excluding carboxylic acids is 1. The van der Waals surface area contributed by atoms with E-state index in [2.05, 4.69) is 6.92 Å². The van der Waals surface area contributed by atoms with E-state index in [0.29, 0.717) is 28.1 Å². The van der Waals surface area contributed by atoms with Crippen molar-refractivity contribution in [1.82, 2.24) is 4.90 Å². The van der Waals surface area contributed by atoms with E-state index < -0.39 is 0 Å². The minimum Gasteiger partial charge on any atom is -0.337 e. The molecule has 1 aromatic carbocycles. The third-order valence-corrected chi connectivity index (χ3v) is 3.98. The largest absolute Gasteiger partial charge is 0.337 e. The first-order valence-electron chi connectivity index (χ1n) is 5.98. The normalized spacial score (nSPS) is 24.1. The fourth-order valence-corrected chi connectivity index (χ4v) is 2.79. The van der Waals surface area contributed by atoms with Crippen molar-refractivity contribution in [2.45, 2.75) is 19.4 Å². The Morgan fingerprint density at radius 1 is 1.39 bits per heavy atom. The molecule has 1 fully saturated rings. The Labute approximate surface area is 117 Å². The van der Waals surface area contributed by atoms with Crippen LogP contribution in [0.3, 0.4) is 0 Å². The lowest BCUT2D eigenvalue weighted by atomic mass is 9.96. The van der Waals surface area contributed by atoms with E-state index in [4.69, 9.17) is 28.9 Å². The van der Waals surface area contributed by atoms with Crippen LogP contribution in [0.1, 0.15) is 23.7 Å². The van der Waals surface area contributed by atoms with Crippen LogP contribution in [0.15, 0.2) is 18.2 Å². The number of carbonyl (C=O) groups is 1. The molecular weight excluding hydrogens is 271 g/mol. The first kappa shape index (κ1) is 13.7. The van der Waals surface area contributed by atoms with Crippen molar-refractivity contribution in [2.24, 2.45) is 11.7 Å². The van der Waals surface area contributed by atoms with E-state index >= 15 is 0 Å². The average molecular weight is 287 g/mol. The molecule has 0 radical (unpaired) electrons. The molecule has 0 aromatic heterocycles. The van der Waals surface area contributed by atoms with Crippen molar-refractivity contribution < 1.29 is 4.79 Å². The molecule has 3 nitrogen and oxygen atoms in total. The quantitative estimate of drug-likeness (QED) is 0.863. The molecule has 2 rings (SSSR count). The first-order chi connectivity index (χ1) is 8.49. The molecule has 0 bridgehead atoms. The molecule has 1 aliphatic heterocycles. The molecule has 5 heteroatoms. The maximum Gasteiger partial charge on any atom is 0.255 e. The summed E-state index contributed by atoms with van der Waals surface area (Å²) in [6, 6.07) is 5.14. The fraction of sp³-hybridized carbons (Fsp3) is 0.462. The lowest BCUT2D eigenvalue weighted by Crippen LogP contribution is -2.48. The first-order valence-corrected chi connectivity index (χ1v) is 6.73. The summed E-state index contributed by atoms with van der Waals surface area (Å²) in [5, 5.41) is 0.716. The van der Waals surface area contributed by atoms with Crippen LogP contribution in [-0.2, 0) is 0 Å². The van der Waals surface area contributed by atoms with Gasteiger partial charge in [-0.1, -0.05) is 36.2 Å². The SMILES string of the molecule is CC1CC(N)CN(C(=O)c2cccc(Cl)c2Cl)C1. The van der Waals surface area contributed by atoms with E-state index in [9.17, 15) is 4.79 Å². The number of hydrogen-bond donors (Lipinski definition) is 1. The van der Waals surface area contributed by atoms with Crippen LogP contribution in [0.2, 0.25) is 10.0 Å². The summed E-state index contributed by atoms with van der Waals surface area (Å²) in [6.07, 6.45) is 0.951. The maximum atomic E-state index is 12.4. The highest BCUT2D eigenvalue weighted by Gasteiger charge is 2.27. The van der Waals surface area contributed by atoms with Crippen LogP contribution in [-0.4, -0.2) is 29.9 Å². The van der Waals surface area contributed by atoms with E-state index in [0.717, 1.165) is 13.0 Å². The Balaban J connectivity index is 2.23. The van der Waals surface area contributed by atoms with Crippen molar-refractivity contribution in [3.8, 4) is 0 Å². The van der Waals surface area contributed by atoms with Gasteiger partial charge in [-0.2, -0.15) is 0 Å². The van der Waals surface area contributed by atoms with Crippen molar-refractivity contribution in [2.75, 3.05) is 13.1 Å². The van der Waals surface area contributed by atoms with Gasteiger partial charge in [0, 0.05) is 19.1 Å². The number of halogens is 2. The van der Waals surface area contributed by atoms with Crippen LogP contribution >= 0.6 is 23.2 Å². The zero-order valence-electron chi connectivity index (χ0n) is 10.2. The van der Waals surface area contributed by atoms with Crippen LogP contribution < -0.4 is 5.73 Å². The Morgan fingerprint density at radius 3 is 2.78 bits per heavy atom. The van der Waals surface area contributed by atoms with Crippen molar-refractivity contribution in [3.05, 3.63) is 33.8 Å². The predicted octanol–water partition coefficient (Wildman–Crippen LogP) is 2.80. The van der Waals surface area contributed by atoms with Gasteiger partial charge in [-0.25, -0.2) is 0 Å². The molecule has 2 unspecified atom stereocenters. The van der Waals surface area contributed by atoms with Gasteiger partial charge < -0.3 is 10.6 Å². The summed E-state index contributed by atoms with van der Waals surface area (Å²) in [4.78, 5) is 14.2. The average Bonchev–Trinajstić information content (AvgIpc) is 2.30. The zero-order chi connectivity index (χ0) is 13.3. The van der Waals surface area contributed by atoms with Crippen LogP contribution in [0.4, 0.5) is 0 Å². The van der Waals surface area contributed by atoms with Crippen molar-refractivity contribution in [3.63, 3.8) is 0 Å². The Morgan fingerprint density at radius 2 is 2.11 bits per heavy atom. The van der Waals surface area contributed by atoms with Crippen LogP contribution in [0.5, 0.6) is 0 Å². The Hall–Kier alpha value is -0.770. The van der Waals surface area contributed by atoms with Crippen molar-refractivity contribution in [1.29, 1.82) is 0 Å². The molecule has 1 amide bonds. The van der Waals surface area contributed by atoms with Gasteiger partial charge in [-0.05, 0) is 24.5 Å². The fourth-order valence-electron chi connectivity index (χ4n) is 2.40. The third kappa shape index (κ3) is 2.79. The monoisotopic (exact) mass is 286 g/mol. The number of amides is 1. The molecule has 0 saturated carbocycles. The van der Waals surface area contributed by atoms with E-state index in [1.54, 1.807) is 23.1 Å². The molecule has 98 valence electrons. The number of nitrogens with zero attached hydrogens (tertiary/aromatic N) is 1. The molecule has 0 aliphatic carbocycles. The molecule has 1 saturated heterocycles. The lowest BCUT2D eigenvalue weighted by molar-refractivity contribution is 0.0661. The summed E-state index contributed by atoms with van der Waals surface area (Å²) in [5.74, 6) is 0.320. The third-order valence-electron chi connectivity index (χ3n) is 3.16. The molecule has 1 heterocycles. The standard InChI is InChI=1S/C13H16Cl2N2O/c1-8-5-9(16)7-17(6-8)13(18)10-3-2-4-11(14)12(10)15/h2-4,8-9H,5-7,16H2,1H3. The molecular formula is C13H16Cl2N2O. The highest BCUT2D eigenvalue weighted by atomic mass is 35.5. The van der Waals surface area contributed by atoms with Crippen LogP contribution in [0.25, 0.3) is 0 Å². The van der Waals surface area contributed by atoms with E-state index in [1.165, 1.54) is 0 Å². The van der Waals surface area contributed by atoms with Crippen LogP contribution in [0, 0.1) is 5.92 Å². The minimum absolute atomic E-state index is 0.0376. The molecule has 2 atom stereocenters. The number of benzene rings is 1. The number of piperidine rings is 1. The van der Waals surface area contributed by atoms with Gasteiger partial charge >= 0.3 is 0 Å². The number of likely N-dealkylation sites (tertiary alicyclic amines) is 1. The molecule has 1 aromatic rings. The number of rotatable bonds is 1. The smallest absolute Gasteiger partial charge is 0.255 e. The highest BCUT2D eigenvalue weighted by molar-refractivity contribution is 6.43. The Kier molecular flexibility index (Phi) is 4.15. The summed E-state index contributed by atoms with van der Waals surface area (Å²) in [6.45, 7) is 3.39. The second-order valence-corrected chi connectivity index (χ2v) is 5.70. The van der Waals surface area contributed by atoms with Gasteiger partial charge in [0.2, 0.25) is 0 Å².